The van der Waals surface area contributed by atoms with Crippen molar-refractivity contribution in [2.75, 3.05) is 19.6 Å². The van der Waals surface area contributed by atoms with Gasteiger partial charge in [0.15, 0.2) is 0 Å². The number of carbonyl (C=O) groups is 5. The second-order valence-corrected chi connectivity index (χ2v) is 8.26. The van der Waals surface area contributed by atoms with Gasteiger partial charge in [-0.15, -0.1) is 11.3 Å². The zero-order valence-corrected chi connectivity index (χ0v) is 17.5. The average Bonchev–Trinajstić information content (AvgIpc) is 3.25. The van der Waals surface area contributed by atoms with Gasteiger partial charge in [0.1, 0.15) is 6.04 Å². The van der Waals surface area contributed by atoms with Gasteiger partial charge in [0.2, 0.25) is 23.6 Å². The Morgan fingerprint density at radius 1 is 1.20 bits per heavy atom. The minimum Gasteiger partial charge on any atom is -0.355 e. The third kappa shape index (κ3) is 5.22. The van der Waals surface area contributed by atoms with Crippen molar-refractivity contribution >= 4 is 40.9 Å². The van der Waals surface area contributed by atoms with Crippen molar-refractivity contribution < 1.29 is 24.0 Å². The standard InChI is InChI=1S/C19H25N5O5S/c1-2-14(25)21-6-5-20-9-16(27)22-8-12-7-11-10-24(19(29)17(11)30-12)13-3-4-15(26)23-18(13)28/h7,13,20H,2-6,8-10H2,1H3,(H,21,25)(H,22,27)(H,23,26,28). The van der Waals surface area contributed by atoms with Crippen LogP contribution in [0.3, 0.4) is 0 Å². The Morgan fingerprint density at radius 2 is 2.00 bits per heavy atom. The number of piperidine rings is 1. The summed E-state index contributed by atoms with van der Waals surface area (Å²) in [7, 11) is 0. The fourth-order valence-corrected chi connectivity index (χ4v) is 4.42. The molecule has 1 fully saturated rings. The molecule has 1 atom stereocenters. The number of hydrogen-bond donors (Lipinski definition) is 4. The number of thiophene rings is 1. The summed E-state index contributed by atoms with van der Waals surface area (Å²) in [6.07, 6.45) is 0.993. The minimum absolute atomic E-state index is 0.0299. The number of hydrogen-bond acceptors (Lipinski definition) is 7. The van der Waals surface area contributed by atoms with Crippen LogP contribution in [0.15, 0.2) is 6.07 Å². The summed E-state index contributed by atoms with van der Waals surface area (Å²) < 4.78 is 0. The second kappa shape index (κ2) is 9.81. The number of nitrogens with zero attached hydrogens (tertiary/aromatic N) is 1. The van der Waals surface area contributed by atoms with Gasteiger partial charge in [-0.3, -0.25) is 29.3 Å². The lowest BCUT2D eigenvalue weighted by Crippen LogP contribution is -2.52. The predicted octanol–water partition coefficient (Wildman–Crippen LogP) is -0.759. The molecule has 0 saturated carbocycles. The highest BCUT2D eigenvalue weighted by molar-refractivity contribution is 7.14. The summed E-state index contributed by atoms with van der Waals surface area (Å²) in [5, 5.41) is 10.7. The molecule has 2 aliphatic heterocycles. The maximum Gasteiger partial charge on any atom is 0.265 e. The molecule has 3 heterocycles. The Balaban J connectivity index is 1.42. The normalized spacial score (nSPS) is 18.2. The molecule has 0 radical (unpaired) electrons. The number of nitrogens with one attached hydrogen (secondary N) is 4. The Hall–Kier alpha value is -2.79. The van der Waals surface area contributed by atoms with Crippen LogP contribution >= 0.6 is 11.3 Å². The first-order valence-electron chi connectivity index (χ1n) is 9.89. The first-order chi connectivity index (χ1) is 14.4. The molecule has 0 spiro atoms. The van der Waals surface area contributed by atoms with Crippen LogP contribution < -0.4 is 21.3 Å². The number of rotatable bonds is 9. The summed E-state index contributed by atoms with van der Waals surface area (Å²) in [6, 6.07) is 1.25. The zero-order valence-electron chi connectivity index (χ0n) is 16.7. The van der Waals surface area contributed by atoms with Gasteiger partial charge in [-0.2, -0.15) is 0 Å². The highest BCUT2D eigenvalue weighted by Gasteiger charge is 2.40. The molecule has 0 aliphatic carbocycles. The third-order valence-corrected chi connectivity index (χ3v) is 6.10. The smallest absolute Gasteiger partial charge is 0.265 e. The quantitative estimate of drug-likeness (QED) is 0.297. The molecule has 1 unspecified atom stereocenters. The van der Waals surface area contributed by atoms with Crippen molar-refractivity contribution in [1.82, 2.24) is 26.2 Å². The van der Waals surface area contributed by atoms with Gasteiger partial charge in [0.25, 0.3) is 5.91 Å². The van der Waals surface area contributed by atoms with Gasteiger partial charge in [-0.25, -0.2) is 0 Å². The molecular weight excluding hydrogens is 410 g/mol. The van der Waals surface area contributed by atoms with E-state index in [1.807, 2.05) is 6.07 Å². The number of amides is 5. The SMILES string of the molecule is CCC(=O)NCCNCC(=O)NCc1cc2c(s1)C(=O)N(C1CCC(=O)NC1=O)C2. The molecule has 11 heteroatoms. The maximum atomic E-state index is 12.7. The van der Waals surface area contributed by atoms with Gasteiger partial charge in [0.05, 0.1) is 18.0 Å². The lowest BCUT2D eigenvalue weighted by Gasteiger charge is -2.29. The summed E-state index contributed by atoms with van der Waals surface area (Å²) in [5.41, 5.74) is 0.837. The molecule has 1 aromatic heterocycles. The van der Waals surface area contributed by atoms with E-state index in [4.69, 9.17) is 0 Å². The lowest BCUT2D eigenvalue weighted by atomic mass is 10.0. The third-order valence-electron chi connectivity index (χ3n) is 4.93. The van der Waals surface area contributed by atoms with E-state index >= 15 is 0 Å². The van der Waals surface area contributed by atoms with Gasteiger partial charge in [0, 0.05) is 37.4 Å². The van der Waals surface area contributed by atoms with E-state index in [0.29, 0.717) is 43.9 Å². The highest BCUT2D eigenvalue weighted by atomic mass is 32.1. The van der Waals surface area contributed by atoms with Crippen LogP contribution in [0, 0.1) is 0 Å². The summed E-state index contributed by atoms with van der Waals surface area (Å²) in [4.78, 5) is 62.0. The maximum absolute atomic E-state index is 12.7. The van der Waals surface area contributed by atoms with Crippen LogP contribution in [0.1, 0.15) is 46.3 Å². The van der Waals surface area contributed by atoms with Crippen LogP contribution in [0.4, 0.5) is 0 Å². The topological polar surface area (TPSA) is 137 Å². The number of fused-ring (bicyclic) bond motifs is 1. The van der Waals surface area contributed by atoms with Crippen molar-refractivity contribution in [3.8, 4) is 0 Å². The lowest BCUT2D eigenvalue weighted by molar-refractivity contribution is -0.137. The van der Waals surface area contributed by atoms with Crippen molar-refractivity contribution in [1.29, 1.82) is 0 Å². The van der Waals surface area contributed by atoms with Gasteiger partial charge < -0.3 is 20.9 Å². The first-order valence-corrected chi connectivity index (χ1v) is 10.7. The Labute approximate surface area is 177 Å². The second-order valence-electron chi connectivity index (χ2n) is 7.12. The van der Waals surface area contributed by atoms with Crippen LogP contribution in [-0.4, -0.2) is 60.1 Å². The van der Waals surface area contributed by atoms with Crippen molar-refractivity contribution in [2.45, 2.75) is 45.3 Å². The van der Waals surface area contributed by atoms with E-state index in [9.17, 15) is 24.0 Å². The van der Waals surface area contributed by atoms with Crippen molar-refractivity contribution in [3.05, 3.63) is 21.4 Å². The van der Waals surface area contributed by atoms with E-state index in [2.05, 4.69) is 21.3 Å². The summed E-state index contributed by atoms with van der Waals surface area (Å²) >= 11 is 1.31. The molecule has 2 aliphatic rings. The molecule has 0 bridgehead atoms. The molecule has 3 rings (SSSR count). The van der Waals surface area contributed by atoms with Gasteiger partial charge in [-0.1, -0.05) is 6.92 Å². The average molecular weight is 436 g/mol. The van der Waals surface area contributed by atoms with Crippen LogP contribution in [0.25, 0.3) is 0 Å². The predicted molar refractivity (Wildman–Crippen MR) is 108 cm³/mol. The zero-order chi connectivity index (χ0) is 21.7. The molecule has 0 aromatic carbocycles. The molecule has 1 saturated heterocycles. The largest absolute Gasteiger partial charge is 0.355 e. The number of carbonyl (C=O) groups excluding carboxylic acids is 5. The monoisotopic (exact) mass is 435 g/mol. The van der Waals surface area contributed by atoms with Crippen LogP contribution in [0.2, 0.25) is 0 Å². The highest BCUT2D eigenvalue weighted by Crippen LogP contribution is 2.33. The minimum atomic E-state index is -0.619. The molecule has 5 amide bonds. The molecule has 162 valence electrons. The van der Waals surface area contributed by atoms with E-state index < -0.39 is 11.9 Å². The molecule has 10 nitrogen and oxygen atoms in total. The molecule has 4 N–H and O–H groups in total. The van der Waals surface area contributed by atoms with E-state index in [1.54, 1.807) is 6.92 Å². The van der Waals surface area contributed by atoms with Crippen LogP contribution in [-0.2, 0) is 32.3 Å². The van der Waals surface area contributed by atoms with E-state index in [0.717, 1.165) is 10.4 Å². The van der Waals surface area contributed by atoms with Gasteiger partial charge in [-0.05, 0) is 18.1 Å². The number of imide groups is 1. The van der Waals surface area contributed by atoms with Gasteiger partial charge >= 0.3 is 0 Å². The molecular formula is C19H25N5O5S. The van der Waals surface area contributed by atoms with E-state index in [-0.39, 0.29) is 36.6 Å². The summed E-state index contributed by atoms with van der Waals surface area (Å²) in [5.74, 6) is -1.16. The molecule has 30 heavy (non-hydrogen) atoms. The summed E-state index contributed by atoms with van der Waals surface area (Å²) in [6.45, 7) is 3.51. The Bertz CT molecular complexity index is 867. The van der Waals surface area contributed by atoms with E-state index in [1.165, 1.54) is 16.2 Å². The Morgan fingerprint density at radius 3 is 2.70 bits per heavy atom. The van der Waals surface area contributed by atoms with Crippen molar-refractivity contribution in [3.63, 3.8) is 0 Å². The Kier molecular flexibility index (Phi) is 7.16. The fraction of sp³-hybridized carbons (Fsp3) is 0.526. The van der Waals surface area contributed by atoms with Crippen LogP contribution in [0.5, 0.6) is 0 Å². The first kappa shape index (κ1) is 21.9. The fourth-order valence-electron chi connectivity index (χ4n) is 3.35. The molecule has 1 aromatic rings. The van der Waals surface area contributed by atoms with Crippen molar-refractivity contribution in [2.24, 2.45) is 0 Å².